The molecule has 2 heterocycles. The molecular weight excluding hydrogens is 540 g/mol. The maximum atomic E-state index is 13.5. The van der Waals surface area contributed by atoms with Crippen molar-refractivity contribution in [1.82, 2.24) is 35.1 Å². The Morgan fingerprint density at radius 1 is 1.15 bits per heavy atom. The number of nitrogens with zero attached hydrogens (tertiary/aromatic N) is 6. The zero-order valence-corrected chi connectivity index (χ0v) is 24.8. The predicted octanol–water partition coefficient (Wildman–Crippen LogP) is -0.0752. The zero-order valence-electron chi connectivity index (χ0n) is 24.0. The van der Waals surface area contributed by atoms with Gasteiger partial charge in [-0.3, -0.25) is 14.6 Å². The number of methoxy groups -OCH3 is 1. The number of ether oxygens (including phenoxy) is 1. The molecule has 2 N–H and O–H groups in total. The van der Waals surface area contributed by atoms with Crippen LogP contribution in [0.4, 0.5) is 5.69 Å². The summed E-state index contributed by atoms with van der Waals surface area (Å²) in [6, 6.07) is 5.56. The van der Waals surface area contributed by atoms with Crippen molar-refractivity contribution >= 4 is 27.5 Å². The quantitative estimate of drug-likeness (QED) is 0.306. The summed E-state index contributed by atoms with van der Waals surface area (Å²) in [6.45, 7) is 7.86. The Bertz CT molecular complexity index is 1260. The smallest absolute Gasteiger partial charge is 0.256 e. The number of hydrogen-bond acceptors (Lipinski definition) is 11. The van der Waals surface area contributed by atoms with Crippen LogP contribution in [0.3, 0.4) is 0 Å². The van der Waals surface area contributed by atoms with Gasteiger partial charge in [0.25, 0.3) is 5.91 Å². The second-order valence-corrected chi connectivity index (χ2v) is 11.9. The van der Waals surface area contributed by atoms with Gasteiger partial charge < -0.3 is 24.8 Å². The number of piperazine rings is 1. The molecule has 14 nitrogen and oxygen atoms in total. The van der Waals surface area contributed by atoms with Crippen molar-refractivity contribution in [3.8, 4) is 17.1 Å². The third-order valence-corrected chi connectivity index (χ3v) is 7.74. The van der Waals surface area contributed by atoms with Crippen LogP contribution in [0.15, 0.2) is 22.7 Å². The van der Waals surface area contributed by atoms with Crippen molar-refractivity contribution in [2.75, 3.05) is 77.7 Å². The van der Waals surface area contributed by atoms with E-state index in [1.807, 2.05) is 13.8 Å². The van der Waals surface area contributed by atoms with Gasteiger partial charge in [-0.1, -0.05) is 19.0 Å². The van der Waals surface area contributed by atoms with Crippen LogP contribution in [0, 0.1) is 6.92 Å². The van der Waals surface area contributed by atoms with E-state index in [9.17, 15) is 18.0 Å². The maximum absolute atomic E-state index is 13.5. The molecule has 0 bridgehead atoms. The first-order chi connectivity index (χ1) is 18.9. The molecule has 0 spiro atoms. The summed E-state index contributed by atoms with van der Waals surface area (Å²) >= 11 is 0. The second-order valence-electron chi connectivity index (χ2n) is 9.87. The van der Waals surface area contributed by atoms with E-state index in [0.717, 1.165) is 0 Å². The normalized spacial score (nSPS) is 14.8. The van der Waals surface area contributed by atoms with Crippen molar-refractivity contribution in [2.45, 2.75) is 26.8 Å². The van der Waals surface area contributed by atoms with Crippen molar-refractivity contribution in [3.63, 3.8) is 0 Å². The summed E-state index contributed by atoms with van der Waals surface area (Å²) in [7, 11) is -0.138. The van der Waals surface area contributed by atoms with Gasteiger partial charge in [0.15, 0.2) is 0 Å². The van der Waals surface area contributed by atoms with E-state index in [0.29, 0.717) is 60.9 Å². The van der Waals surface area contributed by atoms with E-state index in [4.69, 9.17) is 9.26 Å². The number of hydrogen-bond donors (Lipinski definition) is 2. The number of carbonyl (C=O) groups is 2. The minimum absolute atomic E-state index is 0.103. The fourth-order valence-electron chi connectivity index (χ4n) is 4.24. The highest BCUT2D eigenvalue weighted by molar-refractivity contribution is 7.88. The lowest BCUT2D eigenvalue weighted by atomic mass is 10.1. The molecule has 40 heavy (non-hydrogen) atoms. The van der Waals surface area contributed by atoms with Crippen molar-refractivity contribution in [3.05, 3.63) is 24.1 Å². The molecule has 15 heteroatoms. The molecule has 1 aliphatic rings. The zero-order chi connectivity index (χ0) is 29.4. The maximum Gasteiger partial charge on any atom is 0.256 e. The van der Waals surface area contributed by atoms with Gasteiger partial charge in [-0.05, 0) is 18.2 Å². The average Bonchev–Trinajstić information content (AvgIpc) is 3.35. The number of nitrogens with one attached hydrogen (secondary N) is 2. The summed E-state index contributed by atoms with van der Waals surface area (Å²) in [6.07, 6.45) is 1.18. The minimum Gasteiger partial charge on any atom is -0.495 e. The number of aryl methyl sites for hydroxylation is 1. The molecule has 0 unspecified atom stereocenters. The minimum atomic E-state index is -3.30. The van der Waals surface area contributed by atoms with E-state index in [1.54, 1.807) is 42.1 Å². The molecular formula is C25H40N8O6S. The highest BCUT2D eigenvalue weighted by Crippen LogP contribution is 2.32. The van der Waals surface area contributed by atoms with Gasteiger partial charge >= 0.3 is 0 Å². The molecule has 0 atom stereocenters. The molecule has 1 aromatic heterocycles. The Labute approximate surface area is 235 Å². The summed E-state index contributed by atoms with van der Waals surface area (Å²) in [5.74, 6) is 0.718. The van der Waals surface area contributed by atoms with Gasteiger partial charge in [-0.2, -0.15) is 9.29 Å². The van der Waals surface area contributed by atoms with Crippen LogP contribution in [-0.4, -0.2) is 124 Å². The Hall–Kier alpha value is -3.27. The van der Waals surface area contributed by atoms with E-state index >= 15 is 0 Å². The SMILES string of the molecule is COc1ccc(-c2noc(C)n2)cc1N(CC(=O)NCCNC(C)C)CC(=O)N(C)N1CCN(S(C)(=O)=O)CC1. The fourth-order valence-corrected chi connectivity index (χ4v) is 5.07. The molecule has 2 amide bonds. The monoisotopic (exact) mass is 580 g/mol. The van der Waals surface area contributed by atoms with E-state index in [-0.39, 0.29) is 38.0 Å². The Balaban J connectivity index is 1.81. The van der Waals surface area contributed by atoms with E-state index in [1.165, 1.54) is 22.7 Å². The predicted molar refractivity (Wildman–Crippen MR) is 150 cm³/mol. The topological polar surface area (TPSA) is 153 Å². The number of sulfonamides is 1. The lowest BCUT2D eigenvalue weighted by molar-refractivity contribution is -0.146. The summed E-state index contributed by atoms with van der Waals surface area (Å²) in [4.78, 5) is 32.3. The molecule has 0 saturated carbocycles. The first-order valence-corrected chi connectivity index (χ1v) is 14.9. The van der Waals surface area contributed by atoms with Gasteiger partial charge in [0.2, 0.25) is 27.6 Å². The third kappa shape index (κ3) is 8.61. The number of hydrazine groups is 1. The molecule has 2 aromatic rings. The molecule has 0 aliphatic carbocycles. The van der Waals surface area contributed by atoms with Gasteiger partial charge in [0.05, 0.1) is 32.1 Å². The number of benzene rings is 1. The summed E-state index contributed by atoms with van der Waals surface area (Å²) in [5, 5.41) is 13.4. The van der Waals surface area contributed by atoms with Gasteiger partial charge in [0, 0.05) is 64.8 Å². The molecule has 1 saturated heterocycles. The van der Waals surface area contributed by atoms with Crippen molar-refractivity contribution in [1.29, 1.82) is 0 Å². The van der Waals surface area contributed by atoms with Crippen LogP contribution in [0.5, 0.6) is 5.75 Å². The molecule has 1 aromatic carbocycles. The van der Waals surface area contributed by atoms with Crippen LogP contribution >= 0.6 is 0 Å². The summed E-state index contributed by atoms with van der Waals surface area (Å²) in [5.41, 5.74) is 1.15. The lowest BCUT2D eigenvalue weighted by Crippen LogP contribution is -2.56. The molecule has 0 radical (unpaired) electrons. The molecule has 3 rings (SSSR count). The number of likely N-dealkylation sites (N-methyl/N-ethyl adjacent to an activating group) is 1. The fraction of sp³-hybridized carbons (Fsp3) is 0.600. The Morgan fingerprint density at radius 2 is 1.85 bits per heavy atom. The summed E-state index contributed by atoms with van der Waals surface area (Å²) < 4.78 is 35.8. The Kier molecular flexibility index (Phi) is 10.8. The molecule has 1 aliphatic heterocycles. The first-order valence-electron chi connectivity index (χ1n) is 13.1. The molecule has 222 valence electrons. The van der Waals surface area contributed by atoms with Crippen LogP contribution in [-0.2, 0) is 19.6 Å². The second kappa shape index (κ2) is 13.9. The lowest BCUT2D eigenvalue weighted by Gasteiger charge is -2.39. The van der Waals surface area contributed by atoms with E-state index < -0.39 is 10.0 Å². The average molecular weight is 581 g/mol. The van der Waals surface area contributed by atoms with Crippen LogP contribution in [0.2, 0.25) is 0 Å². The number of aromatic nitrogens is 2. The van der Waals surface area contributed by atoms with Crippen molar-refractivity contribution in [2.24, 2.45) is 0 Å². The number of carbonyl (C=O) groups excluding carboxylic acids is 2. The standard InChI is InChI=1S/C25H40N8O6S/c1-18(2)26-9-10-27-23(34)16-31(17-24(35)30(4)32-11-13-33(14-12-32)40(6,36)37)21-15-20(7-8-22(21)38-5)25-28-19(3)39-29-25/h7-8,15,18,26H,9-14,16-17H2,1-6H3,(H,27,34). The third-order valence-electron chi connectivity index (χ3n) is 6.43. The van der Waals surface area contributed by atoms with Gasteiger partial charge in [0.1, 0.15) is 5.75 Å². The van der Waals surface area contributed by atoms with Crippen LogP contribution in [0.25, 0.3) is 11.4 Å². The van der Waals surface area contributed by atoms with E-state index in [2.05, 4.69) is 20.8 Å². The number of anilines is 1. The molecule has 1 fully saturated rings. The van der Waals surface area contributed by atoms with Gasteiger partial charge in [-0.25, -0.2) is 13.4 Å². The van der Waals surface area contributed by atoms with Gasteiger partial charge in [-0.15, -0.1) is 0 Å². The van der Waals surface area contributed by atoms with Crippen LogP contribution in [0.1, 0.15) is 19.7 Å². The number of amides is 2. The first kappa shape index (κ1) is 31.3. The Morgan fingerprint density at radius 3 is 2.42 bits per heavy atom. The highest BCUT2D eigenvalue weighted by Gasteiger charge is 2.29. The highest BCUT2D eigenvalue weighted by atomic mass is 32.2. The number of rotatable bonds is 13. The van der Waals surface area contributed by atoms with Crippen LogP contribution < -0.4 is 20.3 Å². The van der Waals surface area contributed by atoms with Crippen molar-refractivity contribution < 1.29 is 27.3 Å². The largest absolute Gasteiger partial charge is 0.495 e.